The number of thioether (sulfide) groups is 1. The van der Waals surface area contributed by atoms with Crippen LogP contribution in [0.1, 0.15) is 46.6 Å². The third-order valence-electron chi connectivity index (χ3n) is 7.30. The lowest BCUT2D eigenvalue weighted by atomic mass is 9.75. The molecule has 2 saturated heterocycles. The van der Waals surface area contributed by atoms with Gasteiger partial charge >= 0.3 is 35.8 Å². The molecule has 0 aliphatic carbocycles. The Morgan fingerprint density at radius 1 is 0.841 bits per heavy atom. The van der Waals surface area contributed by atoms with Gasteiger partial charge in [-0.2, -0.15) is 0 Å². The number of rotatable bonds is 12. The Morgan fingerprint density at radius 2 is 1.39 bits per heavy atom. The van der Waals surface area contributed by atoms with Gasteiger partial charge in [-0.25, -0.2) is 0 Å². The molecule has 2 aliphatic heterocycles. The van der Waals surface area contributed by atoms with Gasteiger partial charge in [0.2, 0.25) is 5.91 Å². The van der Waals surface area contributed by atoms with Crippen LogP contribution in [-0.2, 0) is 66.7 Å². The molecule has 0 radical (unpaired) electrons. The van der Waals surface area contributed by atoms with Crippen molar-refractivity contribution >= 4 is 53.5 Å². The largest absolute Gasteiger partial charge is 0.469 e. The number of piperidine rings is 1. The molecule has 1 amide bonds. The van der Waals surface area contributed by atoms with Crippen molar-refractivity contribution < 1.29 is 62.0 Å². The van der Waals surface area contributed by atoms with Gasteiger partial charge in [0.05, 0.1) is 13.0 Å². The van der Waals surface area contributed by atoms with Crippen LogP contribution in [0, 0.1) is 5.92 Å². The minimum atomic E-state index is -1.74. The fourth-order valence-electron chi connectivity index (χ4n) is 5.72. The smallest absolute Gasteiger partial charge is 0.311 e. The molecule has 7 atom stereocenters. The van der Waals surface area contributed by atoms with E-state index in [-0.39, 0.29) is 6.42 Å². The number of benzene rings is 1. The molecule has 3 rings (SSSR count). The number of methoxy groups -OCH3 is 1. The standard InChI is InChI=1S/C29H35NO13S/c1-15(31)39-14-22(40-16(2)32)23(41-17(3)33)24(42-18(4)34)25(43-19(5)35)28-13-21(26(36)38-7)29(44-28,27(37)30(28)6)20-11-9-8-10-12-20/h8-12,21-25H,13-14H2,1-7H3/t21-,22+,23+,24-,25+,28+,29+/m0/s1. The number of carbonyl (C=O) groups is 7. The van der Waals surface area contributed by atoms with Gasteiger partial charge in [0.25, 0.3) is 0 Å². The Bertz CT molecular complexity index is 1320. The molecule has 0 N–H and O–H groups in total. The minimum Gasteiger partial charge on any atom is -0.469 e. The molecule has 14 nitrogen and oxygen atoms in total. The highest BCUT2D eigenvalue weighted by molar-refractivity contribution is 8.03. The highest BCUT2D eigenvalue weighted by atomic mass is 32.2. The van der Waals surface area contributed by atoms with Crippen molar-refractivity contribution in [3.05, 3.63) is 35.9 Å². The third-order valence-corrected chi connectivity index (χ3v) is 9.35. The summed E-state index contributed by atoms with van der Waals surface area (Å²) in [5.74, 6) is -6.63. The summed E-state index contributed by atoms with van der Waals surface area (Å²) in [6, 6.07) is 8.50. The molecule has 0 unspecified atom stereocenters. The Balaban J connectivity index is 2.30. The number of hydrogen-bond acceptors (Lipinski definition) is 14. The van der Waals surface area contributed by atoms with Crippen LogP contribution < -0.4 is 0 Å². The number of amides is 1. The number of nitrogens with zero attached hydrogens (tertiary/aromatic N) is 1. The number of esters is 6. The molecule has 2 aliphatic rings. The summed E-state index contributed by atoms with van der Waals surface area (Å²) in [6.45, 7) is 4.68. The lowest BCUT2D eigenvalue weighted by Crippen LogP contribution is -2.64. The fourth-order valence-corrected chi connectivity index (χ4v) is 7.84. The summed E-state index contributed by atoms with van der Waals surface area (Å²) in [5.41, 5.74) is 0.478. The van der Waals surface area contributed by atoms with Gasteiger partial charge in [-0.15, -0.1) is 11.8 Å². The Labute approximate surface area is 258 Å². The van der Waals surface area contributed by atoms with Gasteiger partial charge in [-0.1, -0.05) is 30.3 Å². The molecule has 15 heteroatoms. The molecular weight excluding hydrogens is 602 g/mol. The van der Waals surface area contributed by atoms with E-state index in [1.807, 2.05) is 0 Å². The number of likely N-dealkylation sites (N-methyl/N-ethyl adjacent to an activating group) is 1. The molecular formula is C29H35NO13S. The lowest BCUT2D eigenvalue weighted by Gasteiger charge is -2.46. The second kappa shape index (κ2) is 13.7. The summed E-state index contributed by atoms with van der Waals surface area (Å²) < 4.78 is 30.9. The second-order valence-corrected chi connectivity index (χ2v) is 11.9. The zero-order valence-electron chi connectivity index (χ0n) is 25.4. The van der Waals surface area contributed by atoms with E-state index >= 15 is 0 Å². The van der Waals surface area contributed by atoms with E-state index < -0.39 is 88.3 Å². The summed E-state index contributed by atoms with van der Waals surface area (Å²) in [7, 11) is 2.62. The number of carbonyl (C=O) groups excluding carboxylic acids is 7. The summed E-state index contributed by atoms with van der Waals surface area (Å²) >= 11 is 1.01. The van der Waals surface area contributed by atoms with Crippen molar-refractivity contribution in [1.82, 2.24) is 4.90 Å². The van der Waals surface area contributed by atoms with Crippen molar-refractivity contribution in [3.63, 3.8) is 0 Å². The van der Waals surface area contributed by atoms with E-state index in [2.05, 4.69) is 0 Å². The van der Waals surface area contributed by atoms with Crippen LogP contribution in [0.25, 0.3) is 0 Å². The predicted octanol–water partition coefficient (Wildman–Crippen LogP) is 1.27. The highest BCUT2D eigenvalue weighted by Crippen LogP contribution is 2.68. The predicted molar refractivity (Wildman–Crippen MR) is 150 cm³/mol. The highest BCUT2D eigenvalue weighted by Gasteiger charge is 2.76. The summed E-state index contributed by atoms with van der Waals surface area (Å²) in [5, 5.41) is 0. The first-order valence-electron chi connectivity index (χ1n) is 13.5. The summed E-state index contributed by atoms with van der Waals surface area (Å²) in [4.78, 5) is 88.5. The Kier molecular flexibility index (Phi) is 10.7. The van der Waals surface area contributed by atoms with Crippen molar-refractivity contribution in [2.75, 3.05) is 20.8 Å². The van der Waals surface area contributed by atoms with Gasteiger partial charge in [-0.3, -0.25) is 33.6 Å². The van der Waals surface area contributed by atoms with Crippen molar-refractivity contribution in [2.24, 2.45) is 5.92 Å². The van der Waals surface area contributed by atoms with Gasteiger partial charge in [0.1, 0.15) is 16.2 Å². The fraction of sp³-hybridized carbons (Fsp3) is 0.552. The molecule has 2 heterocycles. The Hall–Kier alpha value is -4.14. The van der Waals surface area contributed by atoms with E-state index in [1.165, 1.54) is 19.1 Å². The number of likely N-dealkylation sites (tertiary alicyclic amines) is 1. The topological polar surface area (TPSA) is 178 Å². The average Bonchev–Trinajstić information content (AvgIpc) is 3.42. The van der Waals surface area contributed by atoms with Crippen LogP contribution in [0.5, 0.6) is 0 Å². The van der Waals surface area contributed by atoms with Crippen LogP contribution in [0.4, 0.5) is 0 Å². The van der Waals surface area contributed by atoms with Crippen LogP contribution in [0.3, 0.4) is 0 Å². The quantitative estimate of drug-likeness (QED) is 0.236. The first kappa shape index (κ1) is 34.4. The number of hydrogen-bond donors (Lipinski definition) is 0. The summed E-state index contributed by atoms with van der Waals surface area (Å²) in [6.07, 6.45) is -6.78. The van der Waals surface area contributed by atoms with E-state index in [1.54, 1.807) is 30.3 Å². The minimum absolute atomic E-state index is 0.147. The van der Waals surface area contributed by atoms with Crippen LogP contribution in [0.15, 0.2) is 30.3 Å². The molecule has 1 aromatic rings. The second-order valence-electron chi connectivity index (χ2n) is 10.3. The van der Waals surface area contributed by atoms with Gasteiger partial charge in [0.15, 0.2) is 24.4 Å². The van der Waals surface area contributed by atoms with Gasteiger partial charge in [-0.05, 0) is 12.0 Å². The van der Waals surface area contributed by atoms with E-state index in [4.69, 9.17) is 28.4 Å². The third kappa shape index (κ3) is 6.66. The van der Waals surface area contributed by atoms with Crippen LogP contribution in [0.2, 0.25) is 0 Å². The first-order chi connectivity index (χ1) is 20.6. The zero-order chi connectivity index (χ0) is 33.0. The molecule has 0 aromatic heterocycles. The molecule has 44 heavy (non-hydrogen) atoms. The van der Waals surface area contributed by atoms with Gasteiger partial charge in [0, 0.05) is 41.7 Å². The molecule has 240 valence electrons. The maximum Gasteiger partial charge on any atom is 0.311 e. The molecule has 2 fully saturated rings. The maximum absolute atomic E-state index is 14.2. The van der Waals surface area contributed by atoms with E-state index in [9.17, 15) is 33.6 Å². The zero-order valence-corrected chi connectivity index (χ0v) is 26.2. The van der Waals surface area contributed by atoms with Crippen molar-refractivity contribution in [2.45, 2.75) is 75.1 Å². The lowest BCUT2D eigenvalue weighted by molar-refractivity contribution is -0.210. The normalized spacial score (nSPS) is 24.8. The average molecular weight is 638 g/mol. The maximum atomic E-state index is 14.2. The van der Waals surface area contributed by atoms with E-state index in [0.29, 0.717) is 5.56 Å². The monoisotopic (exact) mass is 637 g/mol. The van der Waals surface area contributed by atoms with Crippen LogP contribution >= 0.6 is 11.8 Å². The first-order valence-corrected chi connectivity index (χ1v) is 14.4. The van der Waals surface area contributed by atoms with Gasteiger partial charge < -0.3 is 33.3 Å². The molecule has 1 aromatic carbocycles. The van der Waals surface area contributed by atoms with Crippen molar-refractivity contribution in [3.8, 4) is 0 Å². The SMILES string of the molecule is COC(=O)[C@@H]1C[C@]2([C@H](OC(C)=O)[C@@H](OC(C)=O)[C@H](OC(C)=O)[C@@H](COC(C)=O)OC(C)=O)S[C@@]1(c1ccccc1)C(=O)N2C. The Morgan fingerprint density at radius 3 is 1.89 bits per heavy atom. The van der Waals surface area contributed by atoms with Crippen molar-refractivity contribution in [1.29, 1.82) is 0 Å². The molecule has 0 saturated carbocycles. The van der Waals surface area contributed by atoms with E-state index in [0.717, 1.165) is 46.4 Å². The number of fused-ring (bicyclic) bond motifs is 2. The molecule has 2 bridgehead atoms. The van der Waals surface area contributed by atoms with Crippen LogP contribution in [-0.4, -0.2) is 96.7 Å². The molecule has 0 spiro atoms. The number of ether oxygens (including phenoxy) is 6.